The van der Waals surface area contributed by atoms with Crippen LogP contribution in [0.25, 0.3) is 75.5 Å². The van der Waals surface area contributed by atoms with Crippen LogP contribution in [0.5, 0.6) is 0 Å². The van der Waals surface area contributed by atoms with Crippen molar-refractivity contribution in [2.45, 2.75) is 0 Å². The maximum absolute atomic E-state index is 6.95. The maximum Gasteiger partial charge on any atom is 0.159 e. The fourth-order valence-corrected chi connectivity index (χ4v) is 8.64. The van der Waals surface area contributed by atoms with Crippen molar-refractivity contribution in [2.24, 2.45) is 0 Å². The molecule has 10 aromatic rings. The highest BCUT2D eigenvalue weighted by Gasteiger charge is 2.22. The summed E-state index contributed by atoms with van der Waals surface area (Å²) >= 11 is 1.84. The molecule has 10 rings (SSSR count). The minimum atomic E-state index is 0.866. The summed E-state index contributed by atoms with van der Waals surface area (Å²) in [6.45, 7) is 0. The standard InChI is InChI=1S/C48H31NOS/c1-3-13-32(14-4-1)37-17-7-8-18-38(37)34-25-27-35(28-26-34)49(36-29-30-41-40-19-9-10-24-45(40)51-46(41)31-36)44-23-12-22-43-42-21-11-20-39(47(42)50-48(43)44)33-15-5-2-6-16-33/h1-31H. The zero-order valence-corrected chi connectivity index (χ0v) is 28.5. The normalized spacial score (nSPS) is 11.5. The Kier molecular flexibility index (Phi) is 7.04. The lowest BCUT2D eigenvalue weighted by atomic mass is 9.94. The molecule has 0 saturated heterocycles. The van der Waals surface area contributed by atoms with Crippen molar-refractivity contribution in [1.82, 2.24) is 0 Å². The van der Waals surface area contributed by atoms with Gasteiger partial charge in [0, 0.05) is 47.9 Å². The van der Waals surface area contributed by atoms with Crippen molar-refractivity contribution in [3.63, 3.8) is 0 Å². The number of hydrogen-bond donors (Lipinski definition) is 0. The second kappa shape index (κ2) is 12.2. The molecule has 0 fully saturated rings. The molecule has 51 heavy (non-hydrogen) atoms. The largest absolute Gasteiger partial charge is 0.453 e. The van der Waals surface area contributed by atoms with Crippen molar-refractivity contribution in [2.75, 3.05) is 4.90 Å². The Morgan fingerprint density at radius 2 is 0.882 bits per heavy atom. The summed E-state index contributed by atoms with van der Waals surface area (Å²) < 4.78 is 9.50. The lowest BCUT2D eigenvalue weighted by Crippen LogP contribution is -2.10. The Labute approximate surface area is 300 Å². The van der Waals surface area contributed by atoms with Crippen LogP contribution in [-0.4, -0.2) is 0 Å². The van der Waals surface area contributed by atoms with Gasteiger partial charge in [0.2, 0.25) is 0 Å². The van der Waals surface area contributed by atoms with Crippen LogP contribution in [-0.2, 0) is 0 Å². The molecule has 0 aliphatic rings. The summed E-state index contributed by atoms with van der Waals surface area (Å²) in [5.74, 6) is 0. The zero-order chi connectivity index (χ0) is 33.7. The third-order valence-corrected chi connectivity index (χ3v) is 11.0. The first-order chi connectivity index (χ1) is 25.3. The Morgan fingerprint density at radius 1 is 0.353 bits per heavy atom. The number of nitrogens with zero attached hydrogens (tertiary/aromatic N) is 1. The van der Waals surface area contributed by atoms with Crippen LogP contribution in [0.2, 0.25) is 0 Å². The second-order valence-corrected chi connectivity index (χ2v) is 14.0. The van der Waals surface area contributed by atoms with Gasteiger partial charge in [-0.3, -0.25) is 0 Å². The molecule has 0 spiro atoms. The lowest BCUT2D eigenvalue weighted by molar-refractivity contribution is 0.670. The van der Waals surface area contributed by atoms with Crippen molar-refractivity contribution >= 4 is 70.5 Å². The number of thiophene rings is 1. The molecule has 0 aliphatic carbocycles. The third kappa shape index (κ3) is 5.01. The zero-order valence-electron chi connectivity index (χ0n) is 27.7. The van der Waals surface area contributed by atoms with E-state index >= 15 is 0 Å². The molecule has 0 amide bonds. The van der Waals surface area contributed by atoms with Crippen molar-refractivity contribution < 1.29 is 4.42 Å². The number of hydrogen-bond acceptors (Lipinski definition) is 3. The van der Waals surface area contributed by atoms with E-state index in [-0.39, 0.29) is 0 Å². The molecule has 2 nitrogen and oxygen atoms in total. The molecule has 0 bridgehead atoms. The van der Waals surface area contributed by atoms with E-state index in [1.807, 2.05) is 11.3 Å². The highest BCUT2D eigenvalue weighted by molar-refractivity contribution is 7.25. The van der Waals surface area contributed by atoms with Crippen LogP contribution in [0.15, 0.2) is 192 Å². The van der Waals surface area contributed by atoms with E-state index < -0.39 is 0 Å². The van der Waals surface area contributed by atoms with E-state index in [4.69, 9.17) is 4.42 Å². The number of furan rings is 1. The highest BCUT2D eigenvalue weighted by atomic mass is 32.1. The third-order valence-electron chi connectivity index (χ3n) is 9.90. The first kappa shape index (κ1) is 29.5. The number of rotatable bonds is 6. The Balaban J connectivity index is 1.17. The van der Waals surface area contributed by atoms with Crippen molar-refractivity contribution in [3.05, 3.63) is 188 Å². The van der Waals surface area contributed by atoms with E-state index in [2.05, 4.69) is 193 Å². The monoisotopic (exact) mass is 669 g/mol. The predicted octanol–water partition coefficient (Wildman–Crippen LogP) is 14.4. The molecule has 0 N–H and O–H groups in total. The number of benzene rings is 8. The molecular formula is C48H31NOS. The van der Waals surface area contributed by atoms with Gasteiger partial charge in [-0.15, -0.1) is 11.3 Å². The van der Waals surface area contributed by atoms with Gasteiger partial charge in [0.05, 0.1) is 5.69 Å². The highest BCUT2D eigenvalue weighted by Crippen LogP contribution is 2.46. The predicted molar refractivity (Wildman–Crippen MR) is 218 cm³/mol. The molecule has 0 atom stereocenters. The van der Waals surface area contributed by atoms with Gasteiger partial charge in [-0.2, -0.15) is 0 Å². The van der Waals surface area contributed by atoms with E-state index in [1.54, 1.807) is 0 Å². The smallest absolute Gasteiger partial charge is 0.159 e. The molecule has 3 heteroatoms. The van der Waals surface area contributed by atoms with Gasteiger partial charge in [0.1, 0.15) is 5.58 Å². The van der Waals surface area contributed by atoms with Gasteiger partial charge < -0.3 is 9.32 Å². The Morgan fingerprint density at radius 3 is 1.63 bits per heavy atom. The van der Waals surface area contributed by atoms with Crippen molar-refractivity contribution in [3.8, 4) is 33.4 Å². The van der Waals surface area contributed by atoms with E-state index in [9.17, 15) is 0 Å². The van der Waals surface area contributed by atoms with Gasteiger partial charge in [-0.25, -0.2) is 0 Å². The Bertz CT molecular complexity index is 2850. The average Bonchev–Trinajstić information content (AvgIpc) is 3.78. The quantitative estimate of drug-likeness (QED) is 0.175. The van der Waals surface area contributed by atoms with Gasteiger partial charge in [0.25, 0.3) is 0 Å². The minimum absolute atomic E-state index is 0.866. The van der Waals surface area contributed by atoms with Gasteiger partial charge in [-0.05, 0) is 64.2 Å². The summed E-state index contributed by atoms with van der Waals surface area (Å²) in [7, 11) is 0. The molecule has 2 aromatic heterocycles. The summed E-state index contributed by atoms with van der Waals surface area (Å²) in [4.78, 5) is 2.35. The van der Waals surface area contributed by atoms with Gasteiger partial charge >= 0.3 is 0 Å². The van der Waals surface area contributed by atoms with Crippen LogP contribution < -0.4 is 4.90 Å². The molecule has 0 aliphatic heterocycles. The molecule has 2 heterocycles. The summed E-state index contributed by atoms with van der Waals surface area (Å²) in [5, 5.41) is 4.79. The fraction of sp³-hybridized carbons (Fsp3) is 0. The van der Waals surface area contributed by atoms with Crippen LogP contribution in [0.4, 0.5) is 17.1 Å². The fourth-order valence-electron chi connectivity index (χ4n) is 7.50. The molecule has 240 valence electrons. The lowest BCUT2D eigenvalue weighted by Gasteiger charge is -2.26. The molecule has 8 aromatic carbocycles. The van der Waals surface area contributed by atoms with Crippen LogP contribution >= 0.6 is 11.3 Å². The van der Waals surface area contributed by atoms with Gasteiger partial charge in [0.15, 0.2) is 5.58 Å². The number of para-hydroxylation sites is 2. The molecule has 0 unspecified atom stereocenters. The van der Waals surface area contributed by atoms with Crippen LogP contribution in [0.3, 0.4) is 0 Å². The number of fused-ring (bicyclic) bond motifs is 6. The summed E-state index contributed by atoms with van der Waals surface area (Å²) in [5.41, 5.74) is 12.0. The SMILES string of the molecule is c1ccc(-c2ccccc2-c2ccc(N(c3ccc4c(c3)sc3ccccc34)c3cccc4c3oc3c(-c5ccccc5)cccc34)cc2)cc1. The average molecular weight is 670 g/mol. The maximum atomic E-state index is 6.95. The summed E-state index contributed by atoms with van der Waals surface area (Å²) in [6, 6.07) is 67.2. The molecule has 0 saturated carbocycles. The van der Waals surface area contributed by atoms with E-state index in [0.717, 1.165) is 50.1 Å². The second-order valence-electron chi connectivity index (χ2n) is 12.9. The minimum Gasteiger partial charge on any atom is -0.453 e. The number of anilines is 3. The van der Waals surface area contributed by atoms with E-state index in [1.165, 1.54) is 42.4 Å². The molecular weight excluding hydrogens is 639 g/mol. The van der Waals surface area contributed by atoms with Crippen LogP contribution in [0.1, 0.15) is 0 Å². The molecule has 0 radical (unpaired) electrons. The van der Waals surface area contributed by atoms with Crippen molar-refractivity contribution in [1.29, 1.82) is 0 Å². The Hall–Kier alpha value is -6.42. The van der Waals surface area contributed by atoms with E-state index in [0.29, 0.717) is 0 Å². The van der Waals surface area contributed by atoms with Crippen LogP contribution in [0, 0.1) is 0 Å². The van der Waals surface area contributed by atoms with Gasteiger partial charge in [-0.1, -0.05) is 152 Å². The first-order valence-corrected chi connectivity index (χ1v) is 18.1. The topological polar surface area (TPSA) is 16.4 Å². The first-order valence-electron chi connectivity index (χ1n) is 17.3. The summed E-state index contributed by atoms with van der Waals surface area (Å²) in [6.07, 6.45) is 0.